The first-order valence-corrected chi connectivity index (χ1v) is 8.46. The molecule has 0 saturated carbocycles. The first kappa shape index (κ1) is 16.4. The average Bonchev–Trinajstić information content (AvgIpc) is 2.90. The molecule has 2 rings (SSSR count). The van der Waals surface area contributed by atoms with Gasteiger partial charge in [-0.25, -0.2) is 0 Å². The molecule has 0 atom stereocenters. The predicted molar refractivity (Wildman–Crippen MR) is 92.9 cm³/mol. The molecule has 0 aromatic heterocycles. The highest BCUT2D eigenvalue weighted by Gasteiger charge is 2.34. The molecule has 0 bridgehead atoms. The standard InChI is InChI=1S/C19H32N2/c1-6-19(7-2)12-13-21(15-19)17-10-8-16(9-11-17)14-20-18(3,4)5/h8-11,20H,6-7,12-15H2,1-5H3. The quantitative estimate of drug-likeness (QED) is 0.852. The van der Waals surface area contributed by atoms with Crippen molar-refractivity contribution < 1.29 is 0 Å². The fourth-order valence-electron chi connectivity index (χ4n) is 3.17. The van der Waals surface area contributed by atoms with Crippen LogP contribution in [0.1, 0.15) is 59.4 Å². The summed E-state index contributed by atoms with van der Waals surface area (Å²) in [5.41, 5.74) is 3.48. The van der Waals surface area contributed by atoms with Gasteiger partial charge in [-0.05, 0) is 63.1 Å². The Bertz CT molecular complexity index is 438. The van der Waals surface area contributed by atoms with E-state index in [1.807, 2.05) is 0 Å². The van der Waals surface area contributed by atoms with Gasteiger partial charge in [-0.1, -0.05) is 26.0 Å². The molecule has 1 fully saturated rings. The summed E-state index contributed by atoms with van der Waals surface area (Å²) in [4.78, 5) is 2.56. The summed E-state index contributed by atoms with van der Waals surface area (Å²) in [7, 11) is 0. The zero-order chi connectivity index (χ0) is 15.5. The number of hydrogen-bond donors (Lipinski definition) is 1. The lowest BCUT2D eigenvalue weighted by Gasteiger charge is -2.27. The van der Waals surface area contributed by atoms with Crippen molar-refractivity contribution in [1.29, 1.82) is 0 Å². The second-order valence-corrected chi connectivity index (χ2v) is 7.65. The molecule has 0 aliphatic carbocycles. The summed E-state index contributed by atoms with van der Waals surface area (Å²) in [5, 5.41) is 3.54. The van der Waals surface area contributed by atoms with Gasteiger partial charge >= 0.3 is 0 Å². The highest BCUT2D eigenvalue weighted by atomic mass is 15.2. The first-order chi connectivity index (χ1) is 9.87. The van der Waals surface area contributed by atoms with Gasteiger partial charge in [0.1, 0.15) is 0 Å². The van der Waals surface area contributed by atoms with Crippen LogP contribution in [-0.4, -0.2) is 18.6 Å². The van der Waals surface area contributed by atoms with E-state index in [2.05, 4.69) is 69.1 Å². The summed E-state index contributed by atoms with van der Waals surface area (Å²) in [5.74, 6) is 0. The zero-order valence-corrected chi connectivity index (χ0v) is 14.5. The highest BCUT2D eigenvalue weighted by Crippen LogP contribution is 2.38. The Kier molecular flexibility index (Phi) is 4.98. The Labute approximate surface area is 130 Å². The fourth-order valence-corrected chi connectivity index (χ4v) is 3.17. The van der Waals surface area contributed by atoms with Crippen LogP contribution >= 0.6 is 0 Å². The van der Waals surface area contributed by atoms with Gasteiger partial charge < -0.3 is 10.2 Å². The molecule has 1 saturated heterocycles. The van der Waals surface area contributed by atoms with Crippen LogP contribution in [0.5, 0.6) is 0 Å². The zero-order valence-electron chi connectivity index (χ0n) is 14.5. The van der Waals surface area contributed by atoms with Gasteiger partial charge in [-0.3, -0.25) is 0 Å². The molecule has 0 spiro atoms. The predicted octanol–water partition coefficient (Wildman–Crippen LogP) is 4.59. The van der Waals surface area contributed by atoms with Gasteiger partial charge in [0.15, 0.2) is 0 Å². The number of rotatable bonds is 5. The van der Waals surface area contributed by atoms with E-state index in [0.717, 1.165) is 6.54 Å². The minimum Gasteiger partial charge on any atom is -0.371 e. The molecular weight excluding hydrogens is 256 g/mol. The maximum absolute atomic E-state index is 3.54. The molecule has 1 aliphatic rings. The van der Waals surface area contributed by atoms with Crippen molar-refractivity contribution in [2.75, 3.05) is 18.0 Å². The molecule has 1 aliphatic heterocycles. The van der Waals surface area contributed by atoms with E-state index >= 15 is 0 Å². The van der Waals surface area contributed by atoms with Gasteiger partial charge in [0.2, 0.25) is 0 Å². The Balaban J connectivity index is 1.97. The number of nitrogens with zero attached hydrogens (tertiary/aromatic N) is 1. The van der Waals surface area contributed by atoms with Gasteiger partial charge in [0.25, 0.3) is 0 Å². The number of nitrogens with one attached hydrogen (secondary N) is 1. The van der Waals surface area contributed by atoms with Gasteiger partial charge in [-0.2, -0.15) is 0 Å². The van der Waals surface area contributed by atoms with Crippen LogP contribution in [0.2, 0.25) is 0 Å². The van der Waals surface area contributed by atoms with Crippen LogP contribution in [0.25, 0.3) is 0 Å². The molecule has 1 aromatic carbocycles. The molecular formula is C19H32N2. The van der Waals surface area contributed by atoms with Gasteiger partial charge in [0, 0.05) is 30.9 Å². The van der Waals surface area contributed by atoms with Crippen LogP contribution in [0.4, 0.5) is 5.69 Å². The third-order valence-electron chi connectivity index (χ3n) is 5.06. The smallest absolute Gasteiger partial charge is 0.0366 e. The van der Waals surface area contributed by atoms with E-state index in [4.69, 9.17) is 0 Å². The molecule has 1 N–H and O–H groups in total. The van der Waals surface area contributed by atoms with Crippen LogP contribution in [0.15, 0.2) is 24.3 Å². The minimum atomic E-state index is 0.176. The summed E-state index contributed by atoms with van der Waals surface area (Å²) in [6.07, 6.45) is 3.94. The summed E-state index contributed by atoms with van der Waals surface area (Å²) < 4.78 is 0. The van der Waals surface area contributed by atoms with Crippen molar-refractivity contribution in [3.8, 4) is 0 Å². The summed E-state index contributed by atoms with van der Waals surface area (Å²) in [6.45, 7) is 14.7. The average molecular weight is 288 g/mol. The topological polar surface area (TPSA) is 15.3 Å². The Hall–Kier alpha value is -1.02. The van der Waals surface area contributed by atoms with E-state index in [1.165, 1.54) is 43.6 Å². The SMILES string of the molecule is CCC1(CC)CCN(c2ccc(CNC(C)(C)C)cc2)C1. The summed E-state index contributed by atoms with van der Waals surface area (Å²) >= 11 is 0. The minimum absolute atomic E-state index is 0.176. The van der Waals surface area contributed by atoms with Crippen molar-refractivity contribution in [2.45, 2.75) is 66.0 Å². The number of hydrogen-bond acceptors (Lipinski definition) is 2. The largest absolute Gasteiger partial charge is 0.371 e. The molecule has 0 amide bonds. The second kappa shape index (κ2) is 6.39. The van der Waals surface area contributed by atoms with Gasteiger partial charge in [0.05, 0.1) is 0 Å². The van der Waals surface area contributed by atoms with E-state index in [9.17, 15) is 0 Å². The van der Waals surface area contributed by atoms with Crippen molar-refractivity contribution in [1.82, 2.24) is 5.32 Å². The van der Waals surface area contributed by atoms with Crippen molar-refractivity contribution >= 4 is 5.69 Å². The van der Waals surface area contributed by atoms with Crippen molar-refractivity contribution in [2.24, 2.45) is 5.41 Å². The lowest BCUT2D eigenvalue weighted by Crippen LogP contribution is -2.35. The molecule has 1 heterocycles. The number of anilines is 1. The molecule has 21 heavy (non-hydrogen) atoms. The van der Waals surface area contributed by atoms with Crippen LogP contribution in [-0.2, 0) is 6.54 Å². The molecule has 0 radical (unpaired) electrons. The lowest BCUT2D eigenvalue weighted by atomic mass is 9.82. The third kappa shape index (κ3) is 4.23. The summed E-state index contributed by atoms with van der Waals surface area (Å²) in [6, 6.07) is 9.13. The molecule has 1 aromatic rings. The Morgan fingerprint density at radius 2 is 1.71 bits per heavy atom. The van der Waals surface area contributed by atoms with Gasteiger partial charge in [-0.15, -0.1) is 0 Å². The van der Waals surface area contributed by atoms with Crippen LogP contribution in [0.3, 0.4) is 0 Å². The van der Waals surface area contributed by atoms with E-state index in [-0.39, 0.29) is 5.54 Å². The maximum atomic E-state index is 3.54. The maximum Gasteiger partial charge on any atom is 0.0366 e. The normalized spacial score (nSPS) is 18.2. The number of benzene rings is 1. The Morgan fingerprint density at radius 3 is 2.19 bits per heavy atom. The molecule has 118 valence electrons. The van der Waals surface area contributed by atoms with Crippen LogP contribution in [0, 0.1) is 5.41 Å². The molecule has 0 unspecified atom stereocenters. The van der Waals surface area contributed by atoms with E-state index in [1.54, 1.807) is 0 Å². The third-order valence-corrected chi connectivity index (χ3v) is 5.06. The van der Waals surface area contributed by atoms with E-state index in [0.29, 0.717) is 5.41 Å². The van der Waals surface area contributed by atoms with Crippen molar-refractivity contribution in [3.05, 3.63) is 29.8 Å². The molecule has 2 heteroatoms. The van der Waals surface area contributed by atoms with E-state index < -0.39 is 0 Å². The van der Waals surface area contributed by atoms with Crippen molar-refractivity contribution in [3.63, 3.8) is 0 Å². The highest BCUT2D eigenvalue weighted by molar-refractivity contribution is 5.49. The fraction of sp³-hybridized carbons (Fsp3) is 0.684. The molecule has 2 nitrogen and oxygen atoms in total. The Morgan fingerprint density at radius 1 is 1.10 bits per heavy atom. The second-order valence-electron chi connectivity index (χ2n) is 7.65. The van der Waals surface area contributed by atoms with Crippen LogP contribution < -0.4 is 10.2 Å². The lowest BCUT2D eigenvalue weighted by molar-refractivity contribution is 0.301. The monoisotopic (exact) mass is 288 g/mol. The first-order valence-electron chi connectivity index (χ1n) is 8.46.